The van der Waals surface area contributed by atoms with Crippen LogP contribution in [0, 0.1) is 0 Å². The number of thioether (sulfide) groups is 1. The van der Waals surface area contributed by atoms with Gasteiger partial charge >= 0.3 is 0 Å². The lowest BCUT2D eigenvalue weighted by Gasteiger charge is -2.13. The first-order chi connectivity index (χ1) is 14.3. The molecule has 1 atom stereocenters. The summed E-state index contributed by atoms with van der Waals surface area (Å²) in [6, 6.07) is 20.8. The second-order valence-corrected chi connectivity index (χ2v) is 8.83. The van der Waals surface area contributed by atoms with E-state index in [0.717, 1.165) is 16.2 Å². The van der Waals surface area contributed by atoms with Gasteiger partial charge in [-0.2, -0.15) is 0 Å². The minimum Gasteiger partial charge on any atom is -0.390 e. The van der Waals surface area contributed by atoms with Crippen LogP contribution in [0.25, 0.3) is 21.8 Å². The van der Waals surface area contributed by atoms with Crippen LogP contribution in [0.15, 0.2) is 71.2 Å². The lowest BCUT2D eigenvalue weighted by Crippen LogP contribution is -2.18. The molecule has 5 aromatic rings. The Hall–Kier alpha value is -2.68. The van der Waals surface area contributed by atoms with Crippen LogP contribution >= 0.6 is 23.1 Å². The van der Waals surface area contributed by atoms with Gasteiger partial charge in [-0.25, -0.2) is 4.68 Å². The topological polar surface area (TPSA) is 68.8 Å². The van der Waals surface area contributed by atoms with E-state index in [-0.39, 0.29) is 0 Å². The zero-order chi connectivity index (χ0) is 19.6. The van der Waals surface area contributed by atoms with E-state index < -0.39 is 6.10 Å². The molecule has 1 unspecified atom stereocenters. The molecule has 3 heterocycles. The van der Waals surface area contributed by atoms with Gasteiger partial charge in [0.2, 0.25) is 5.16 Å². The largest absolute Gasteiger partial charge is 0.390 e. The molecular formula is C21H19N5OS2. The summed E-state index contributed by atoms with van der Waals surface area (Å²) in [6.07, 6.45) is -0.522. The quantitative estimate of drug-likeness (QED) is 0.402. The molecule has 5 rings (SSSR count). The van der Waals surface area contributed by atoms with E-state index in [2.05, 4.69) is 62.6 Å². The number of thiophene rings is 1. The maximum atomic E-state index is 10.8. The predicted octanol–water partition coefficient (Wildman–Crippen LogP) is 4.04. The number of aliphatic hydroxyl groups excluding tert-OH is 1. The van der Waals surface area contributed by atoms with Gasteiger partial charge in [0.1, 0.15) is 0 Å². The smallest absolute Gasteiger partial charge is 0.209 e. The van der Waals surface area contributed by atoms with Crippen molar-refractivity contribution in [3.05, 3.63) is 70.9 Å². The number of rotatable bonds is 7. The van der Waals surface area contributed by atoms with E-state index in [0.29, 0.717) is 18.8 Å². The number of nitrogens with zero attached hydrogens (tertiary/aromatic N) is 5. The Morgan fingerprint density at radius 2 is 1.69 bits per heavy atom. The van der Waals surface area contributed by atoms with Gasteiger partial charge in [0, 0.05) is 32.4 Å². The fraction of sp³-hybridized carbons (Fsp3) is 0.190. The highest BCUT2D eigenvalue weighted by Crippen LogP contribution is 2.29. The summed E-state index contributed by atoms with van der Waals surface area (Å²) >= 11 is 3.17. The highest BCUT2D eigenvalue weighted by molar-refractivity contribution is 7.99. The zero-order valence-corrected chi connectivity index (χ0v) is 17.2. The van der Waals surface area contributed by atoms with Crippen molar-refractivity contribution in [3.63, 3.8) is 0 Å². The van der Waals surface area contributed by atoms with E-state index >= 15 is 0 Å². The maximum absolute atomic E-state index is 10.8. The number of para-hydroxylation sites is 2. The average molecular weight is 422 g/mol. The molecule has 146 valence electrons. The van der Waals surface area contributed by atoms with Gasteiger partial charge in [0.25, 0.3) is 0 Å². The number of hydrogen-bond acceptors (Lipinski definition) is 6. The van der Waals surface area contributed by atoms with Gasteiger partial charge in [0.15, 0.2) is 0 Å². The molecule has 3 aromatic heterocycles. The number of aromatic nitrogens is 5. The van der Waals surface area contributed by atoms with Crippen molar-refractivity contribution in [1.29, 1.82) is 0 Å². The molecule has 0 bridgehead atoms. The number of benzene rings is 2. The molecule has 2 aromatic carbocycles. The van der Waals surface area contributed by atoms with Crippen LogP contribution in [0.2, 0.25) is 0 Å². The molecule has 8 heteroatoms. The number of tetrazole rings is 1. The van der Waals surface area contributed by atoms with Crippen molar-refractivity contribution in [3.8, 4) is 0 Å². The molecule has 0 fully saturated rings. The minimum absolute atomic E-state index is 0.519. The molecule has 0 aliphatic carbocycles. The summed E-state index contributed by atoms with van der Waals surface area (Å²) in [7, 11) is 0. The molecule has 0 saturated carbocycles. The fourth-order valence-corrected chi connectivity index (χ4v) is 5.06. The van der Waals surface area contributed by atoms with E-state index in [9.17, 15) is 5.11 Å². The van der Waals surface area contributed by atoms with E-state index in [4.69, 9.17) is 0 Å². The Morgan fingerprint density at radius 3 is 2.38 bits per heavy atom. The van der Waals surface area contributed by atoms with Gasteiger partial charge in [-0.05, 0) is 34.0 Å². The van der Waals surface area contributed by atoms with Crippen LogP contribution in [0.1, 0.15) is 4.88 Å². The highest BCUT2D eigenvalue weighted by atomic mass is 32.2. The van der Waals surface area contributed by atoms with Crippen LogP contribution in [0.4, 0.5) is 0 Å². The van der Waals surface area contributed by atoms with Crippen molar-refractivity contribution in [1.82, 2.24) is 24.8 Å². The van der Waals surface area contributed by atoms with Crippen LogP contribution < -0.4 is 0 Å². The van der Waals surface area contributed by atoms with E-state index in [1.165, 1.54) is 27.4 Å². The Balaban J connectivity index is 1.33. The normalized spacial score (nSPS) is 12.7. The van der Waals surface area contributed by atoms with Crippen molar-refractivity contribution in [2.45, 2.75) is 24.3 Å². The molecule has 6 nitrogen and oxygen atoms in total. The van der Waals surface area contributed by atoms with Crippen molar-refractivity contribution < 1.29 is 5.11 Å². The maximum Gasteiger partial charge on any atom is 0.209 e. The van der Waals surface area contributed by atoms with Crippen molar-refractivity contribution in [2.24, 2.45) is 0 Å². The molecule has 0 aliphatic rings. The van der Waals surface area contributed by atoms with Gasteiger partial charge in [0.05, 0.1) is 19.2 Å². The Kier molecular flexibility index (Phi) is 5.05. The monoisotopic (exact) mass is 421 g/mol. The molecule has 0 saturated heterocycles. The third-order valence-corrected chi connectivity index (χ3v) is 6.83. The standard InChI is InChI=1S/C21H19N5OS2/c27-15(14-29-21-22-23-24-26(21)13-16-6-5-11-28-16)12-25-19-9-3-1-7-17(19)18-8-2-4-10-20(18)25/h1-11,15,27H,12-14H2. The third-order valence-electron chi connectivity index (χ3n) is 4.86. The summed E-state index contributed by atoms with van der Waals surface area (Å²) < 4.78 is 3.98. The number of hydrogen-bond donors (Lipinski definition) is 1. The van der Waals surface area contributed by atoms with Gasteiger partial charge in [-0.15, -0.1) is 16.4 Å². The summed E-state index contributed by atoms with van der Waals surface area (Å²) in [5.41, 5.74) is 2.28. The molecular weight excluding hydrogens is 402 g/mol. The zero-order valence-electron chi connectivity index (χ0n) is 15.5. The van der Waals surface area contributed by atoms with Crippen LogP contribution in [0.3, 0.4) is 0 Å². The molecule has 1 N–H and O–H groups in total. The van der Waals surface area contributed by atoms with Crippen LogP contribution in [-0.4, -0.2) is 41.7 Å². The highest BCUT2D eigenvalue weighted by Gasteiger charge is 2.15. The average Bonchev–Trinajstić information content (AvgIpc) is 3.48. The van der Waals surface area contributed by atoms with Crippen LogP contribution in [0.5, 0.6) is 0 Å². The van der Waals surface area contributed by atoms with Gasteiger partial charge in [-0.1, -0.05) is 54.2 Å². The van der Waals surface area contributed by atoms with Crippen LogP contribution in [-0.2, 0) is 13.1 Å². The second kappa shape index (κ2) is 7.98. The first-order valence-corrected chi connectivity index (χ1v) is 11.2. The SMILES string of the molecule is OC(CSc1nnnn1Cc1cccs1)Cn1c2ccccc2c2ccccc21. The third kappa shape index (κ3) is 3.66. The predicted molar refractivity (Wildman–Crippen MR) is 117 cm³/mol. The van der Waals surface area contributed by atoms with E-state index in [1.807, 2.05) is 23.6 Å². The van der Waals surface area contributed by atoms with Gasteiger partial charge in [-0.3, -0.25) is 0 Å². The van der Waals surface area contributed by atoms with Crippen molar-refractivity contribution in [2.75, 3.05) is 5.75 Å². The number of aliphatic hydroxyl groups is 1. The summed E-state index contributed by atoms with van der Waals surface area (Å²) in [6.45, 7) is 1.17. The summed E-state index contributed by atoms with van der Waals surface area (Å²) in [5, 5.41) is 28.0. The van der Waals surface area contributed by atoms with E-state index in [1.54, 1.807) is 16.0 Å². The molecule has 0 spiro atoms. The summed E-state index contributed by atoms with van der Waals surface area (Å²) in [4.78, 5) is 1.20. The Morgan fingerprint density at radius 1 is 0.966 bits per heavy atom. The lowest BCUT2D eigenvalue weighted by atomic mass is 10.2. The number of fused-ring (bicyclic) bond motifs is 3. The minimum atomic E-state index is -0.522. The fourth-order valence-electron chi connectivity index (χ4n) is 3.58. The molecule has 0 aliphatic heterocycles. The Labute approximate surface area is 175 Å². The molecule has 0 amide bonds. The van der Waals surface area contributed by atoms with Gasteiger partial charge < -0.3 is 9.67 Å². The molecule has 29 heavy (non-hydrogen) atoms. The second-order valence-electron chi connectivity index (χ2n) is 6.81. The first kappa shape index (κ1) is 18.4. The lowest BCUT2D eigenvalue weighted by molar-refractivity contribution is 0.181. The first-order valence-electron chi connectivity index (χ1n) is 9.35. The van der Waals surface area contributed by atoms with Crippen molar-refractivity contribution >= 4 is 44.9 Å². The summed E-state index contributed by atoms with van der Waals surface area (Å²) in [5.74, 6) is 0.519. The Bertz CT molecular complexity index is 1190. The molecule has 0 radical (unpaired) electrons.